The number of benzene rings is 1. The van der Waals surface area contributed by atoms with E-state index >= 15 is 0 Å². The third-order valence-corrected chi connectivity index (χ3v) is 4.46. The van der Waals surface area contributed by atoms with E-state index in [0.717, 1.165) is 6.54 Å². The second-order valence-corrected chi connectivity index (χ2v) is 5.53. The summed E-state index contributed by atoms with van der Waals surface area (Å²) < 4.78 is 0. The minimum atomic E-state index is 0.362. The molecule has 0 bridgehead atoms. The summed E-state index contributed by atoms with van der Waals surface area (Å²) in [6, 6.07) is 7.16. The highest BCUT2D eigenvalue weighted by atomic mass is 14.7. The van der Waals surface area contributed by atoms with Gasteiger partial charge in [-0.25, -0.2) is 0 Å². The SMILES string of the molecule is NCC1(c2ccc3c(c2)CCCCC3)CC1. The molecule has 1 saturated carbocycles. The molecule has 1 fully saturated rings. The Kier molecular flexibility index (Phi) is 2.51. The summed E-state index contributed by atoms with van der Waals surface area (Å²) in [4.78, 5) is 0. The molecular formula is C15H21N. The third-order valence-electron chi connectivity index (χ3n) is 4.46. The Morgan fingerprint density at radius 3 is 2.44 bits per heavy atom. The molecule has 0 unspecified atom stereocenters. The van der Waals surface area contributed by atoms with Crippen LogP contribution < -0.4 is 5.73 Å². The summed E-state index contributed by atoms with van der Waals surface area (Å²) in [6.45, 7) is 0.825. The van der Waals surface area contributed by atoms with Gasteiger partial charge in [0.15, 0.2) is 0 Å². The topological polar surface area (TPSA) is 26.0 Å². The molecule has 2 N–H and O–H groups in total. The van der Waals surface area contributed by atoms with Gasteiger partial charge < -0.3 is 5.73 Å². The smallest absolute Gasteiger partial charge is 0.00763 e. The van der Waals surface area contributed by atoms with Gasteiger partial charge in [-0.1, -0.05) is 24.6 Å². The lowest BCUT2D eigenvalue weighted by atomic mass is 9.91. The Hall–Kier alpha value is -0.820. The number of hydrogen-bond donors (Lipinski definition) is 1. The molecule has 0 radical (unpaired) electrons. The van der Waals surface area contributed by atoms with Gasteiger partial charge in [-0.3, -0.25) is 0 Å². The van der Waals surface area contributed by atoms with Crippen LogP contribution in [0.2, 0.25) is 0 Å². The van der Waals surface area contributed by atoms with Gasteiger partial charge in [-0.05, 0) is 55.2 Å². The van der Waals surface area contributed by atoms with Crippen LogP contribution in [-0.2, 0) is 18.3 Å². The predicted octanol–water partition coefficient (Wildman–Crippen LogP) is 2.95. The quantitative estimate of drug-likeness (QED) is 0.754. The molecule has 86 valence electrons. The number of rotatable bonds is 2. The van der Waals surface area contributed by atoms with Crippen LogP contribution in [-0.4, -0.2) is 6.54 Å². The van der Waals surface area contributed by atoms with Crippen molar-refractivity contribution in [1.82, 2.24) is 0 Å². The first kappa shape index (κ1) is 10.3. The molecule has 0 amide bonds. The fourth-order valence-electron chi connectivity index (χ4n) is 3.00. The van der Waals surface area contributed by atoms with Crippen molar-refractivity contribution in [2.45, 2.75) is 50.4 Å². The number of hydrogen-bond acceptors (Lipinski definition) is 1. The monoisotopic (exact) mass is 215 g/mol. The Morgan fingerprint density at radius 2 is 1.75 bits per heavy atom. The van der Waals surface area contributed by atoms with Crippen molar-refractivity contribution < 1.29 is 0 Å². The number of nitrogens with two attached hydrogens (primary N) is 1. The summed E-state index contributed by atoms with van der Waals surface area (Å²) in [5.41, 5.74) is 11.0. The van der Waals surface area contributed by atoms with Crippen LogP contribution >= 0.6 is 0 Å². The molecule has 0 aliphatic heterocycles. The molecule has 1 aromatic rings. The molecule has 1 aromatic carbocycles. The Balaban J connectivity index is 1.95. The van der Waals surface area contributed by atoms with Gasteiger partial charge in [-0.2, -0.15) is 0 Å². The zero-order valence-electron chi connectivity index (χ0n) is 9.97. The second-order valence-electron chi connectivity index (χ2n) is 5.53. The van der Waals surface area contributed by atoms with E-state index in [1.54, 1.807) is 11.1 Å². The van der Waals surface area contributed by atoms with Crippen molar-refractivity contribution in [3.8, 4) is 0 Å². The van der Waals surface area contributed by atoms with Gasteiger partial charge >= 0.3 is 0 Å². The first-order valence-corrected chi connectivity index (χ1v) is 6.66. The maximum absolute atomic E-state index is 5.91. The molecule has 0 spiro atoms. The summed E-state index contributed by atoms with van der Waals surface area (Å²) in [5, 5.41) is 0. The van der Waals surface area contributed by atoms with E-state index in [1.165, 1.54) is 50.5 Å². The Morgan fingerprint density at radius 1 is 1.00 bits per heavy atom. The zero-order chi connectivity index (χ0) is 11.0. The molecule has 2 aliphatic carbocycles. The normalized spacial score (nSPS) is 22.3. The van der Waals surface area contributed by atoms with Crippen LogP contribution in [0, 0.1) is 0 Å². The van der Waals surface area contributed by atoms with Gasteiger partial charge in [0.25, 0.3) is 0 Å². The Labute approximate surface area is 98.0 Å². The summed E-state index contributed by atoms with van der Waals surface area (Å²) >= 11 is 0. The van der Waals surface area contributed by atoms with Crippen LogP contribution in [0.4, 0.5) is 0 Å². The molecule has 0 aromatic heterocycles. The zero-order valence-corrected chi connectivity index (χ0v) is 9.97. The van der Waals surface area contributed by atoms with Crippen LogP contribution in [0.25, 0.3) is 0 Å². The largest absolute Gasteiger partial charge is 0.330 e. The maximum Gasteiger partial charge on any atom is 0.00763 e. The molecular weight excluding hydrogens is 194 g/mol. The van der Waals surface area contributed by atoms with Crippen LogP contribution in [0.3, 0.4) is 0 Å². The van der Waals surface area contributed by atoms with Gasteiger partial charge in [-0.15, -0.1) is 0 Å². The van der Waals surface area contributed by atoms with Crippen molar-refractivity contribution in [2.75, 3.05) is 6.54 Å². The van der Waals surface area contributed by atoms with E-state index in [-0.39, 0.29) is 0 Å². The van der Waals surface area contributed by atoms with E-state index < -0.39 is 0 Å². The Bertz CT molecular complexity index is 390. The van der Waals surface area contributed by atoms with E-state index in [9.17, 15) is 0 Å². The lowest BCUT2D eigenvalue weighted by Crippen LogP contribution is -2.20. The van der Waals surface area contributed by atoms with Crippen molar-refractivity contribution >= 4 is 0 Å². The van der Waals surface area contributed by atoms with Gasteiger partial charge in [0.2, 0.25) is 0 Å². The second kappa shape index (κ2) is 3.89. The third kappa shape index (κ3) is 1.67. The van der Waals surface area contributed by atoms with Crippen LogP contribution in [0.5, 0.6) is 0 Å². The standard InChI is InChI=1S/C15H21N/c16-11-15(8-9-15)14-7-6-12-4-2-1-3-5-13(12)10-14/h6-7,10H,1-5,8-9,11,16H2. The predicted molar refractivity (Wildman–Crippen MR) is 67.7 cm³/mol. The van der Waals surface area contributed by atoms with Crippen molar-refractivity contribution in [1.29, 1.82) is 0 Å². The molecule has 0 saturated heterocycles. The molecule has 0 atom stereocenters. The first-order chi connectivity index (χ1) is 7.84. The van der Waals surface area contributed by atoms with Gasteiger partial charge in [0.05, 0.1) is 0 Å². The van der Waals surface area contributed by atoms with E-state index in [1.807, 2.05) is 0 Å². The van der Waals surface area contributed by atoms with Crippen molar-refractivity contribution in [3.05, 3.63) is 34.9 Å². The molecule has 3 rings (SSSR count). The molecule has 1 heteroatoms. The molecule has 1 nitrogen and oxygen atoms in total. The lowest BCUT2D eigenvalue weighted by molar-refractivity contribution is 0.700. The minimum absolute atomic E-state index is 0.362. The molecule has 16 heavy (non-hydrogen) atoms. The maximum atomic E-state index is 5.91. The summed E-state index contributed by atoms with van der Waals surface area (Å²) in [7, 11) is 0. The highest BCUT2D eigenvalue weighted by Gasteiger charge is 2.42. The van der Waals surface area contributed by atoms with Gasteiger partial charge in [0, 0.05) is 12.0 Å². The summed E-state index contributed by atoms with van der Waals surface area (Å²) in [6.07, 6.45) is 9.28. The van der Waals surface area contributed by atoms with E-state index in [2.05, 4.69) is 18.2 Å². The van der Waals surface area contributed by atoms with E-state index in [0.29, 0.717) is 5.41 Å². The fraction of sp³-hybridized carbons (Fsp3) is 0.600. The van der Waals surface area contributed by atoms with Crippen LogP contribution in [0.1, 0.15) is 48.8 Å². The number of fused-ring (bicyclic) bond motifs is 1. The fourth-order valence-corrected chi connectivity index (χ4v) is 3.00. The first-order valence-electron chi connectivity index (χ1n) is 6.66. The highest BCUT2D eigenvalue weighted by Crippen LogP contribution is 2.47. The molecule has 2 aliphatic rings. The summed E-state index contributed by atoms with van der Waals surface area (Å²) in [5.74, 6) is 0. The average Bonchev–Trinajstić information content (AvgIpc) is 3.13. The van der Waals surface area contributed by atoms with E-state index in [4.69, 9.17) is 5.73 Å². The average molecular weight is 215 g/mol. The van der Waals surface area contributed by atoms with Crippen LogP contribution in [0.15, 0.2) is 18.2 Å². The van der Waals surface area contributed by atoms with Gasteiger partial charge in [0.1, 0.15) is 0 Å². The van der Waals surface area contributed by atoms with Crippen molar-refractivity contribution in [3.63, 3.8) is 0 Å². The number of aryl methyl sites for hydroxylation is 2. The highest BCUT2D eigenvalue weighted by molar-refractivity contribution is 5.40. The molecule has 0 heterocycles. The minimum Gasteiger partial charge on any atom is -0.330 e. The lowest BCUT2D eigenvalue weighted by Gasteiger charge is -2.16. The van der Waals surface area contributed by atoms with Crippen molar-refractivity contribution in [2.24, 2.45) is 5.73 Å².